The van der Waals surface area contributed by atoms with E-state index in [2.05, 4.69) is 13.8 Å². The van der Waals surface area contributed by atoms with Crippen LogP contribution < -0.4 is 0 Å². The molecular formula is C18H32O4. The van der Waals surface area contributed by atoms with Crippen LogP contribution in [0, 0.1) is 17.8 Å². The van der Waals surface area contributed by atoms with Gasteiger partial charge < -0.3 is 9.84 Å². The maximum Gasteiger partial charge on any atom is 0.309 e. The minimum Gasteiger partial charge on any atom is -0.481 e. The Morgan fingerprint density at radius 2 is 1.77 bits per heavy atom. The van der Waals surface area contributed by atoms with Crippen LogP contribution in [0.2, 0.25) is 0 Å². The molecule has 3 atom stereocenters. The van der Waals surface area contributed by atoms with Crippen LogP contribution in [0.5, 0.6) is 0 Å². The van der Waals surface area contributed by atoms with Crippen molar-refractivity contribution in [2.45, 2.75) is 84.7 Å². The van der Waals surface area contributed by atoms with Crippen molar-refractivity contribution in [3.63, 3.8) is 0 Å². The third-order valence-electron chi connectivity index (χ3n) is 4.65. The molecule has 0 aliphatic heterocycles. The lowest BCUT2D eigenvalue weighted by Crippen LogP contribution is -2.30. The summed E-state index contributed by atoms with van der Waals surface area (Å²) in [6, 6.07) is 0. The highest BCUT2D eigenvalue weighted by molar-refractivity contribution is 5.75. The molecule has 1 aliphatic carbocycles. The first-order valence-corrected chi connectivity index (χ1v) is 8.87. The predicted molar refractivity (Wildman–Crippen MR) is 86.6 cm³/mol. The number of carboxylic acid groups (broad SMARTS) is 1. The van der Waals surface area contributed by atoms with Crippen LogP contribution in [0.25, 0.3) is 0 Å². The van der Waals surface area contributed by atoms with Crippen molar-refractivity contribution < 1.29 is 19.4 Å². The summed E-state index contributed by atoms with van der Waals surface area (Å²) in [5.41, 5.74) is 0. The van der Waals surface area contributed by atoms with Gasteiger partial charge in [-0.1, -0.05) is 40.0 Å². The van der Waals surface area contributed by atoms with Crippen molar-refractivity contribution in [3.8, 4) is 0 Å². The molecule has 3 unspecified atom stereocenters. The maximum atomic E-state index is 12.3. The van der Waals surface area contributed by atoms with E-state index in [1.54, 1.807) is 0 Å². The number of unbranched alkanes of at least 4 members (excludes halogenated alkanes) is 1. The number of hydrogen-bond acceptors (Lipinski definition) is 3. The second kappa shape index (κ2) is 9.86. The Balaban J connectivity index is 2.35. The van der Waals surface area contributed by atoms with E-state index in [1.807, 2.05) is 6.92 Å². The molecule has 1 saturated carbocycles. The molecule has 1 fully saturated rings. The molecule has 4 nitrogen and oxygen atoms in total. The summed E-state index contributed by atoms with van der Waals surface area (Å²) in [5, 5.41) is 9.10. The minimum absolute atomic E-state index is 0.00938. The van der Waals surface area contributed by atoms with Crippen LogP contribution in [0.15, 0.2) is 0 Å². The number of carbonyl (C=O) groups is 2. The first-order chi connectivity index (χ1) is 10.4. The number of carboxylic acids is 1. The second-order valence-corrected chi connectivity index (χ2v) is 7.04. The third kappa shape index (κ3) is 6.80. The topological polar surface area (TPSA) is 63.6 Å². The quantitative estimate of drug-likeness (QED) is 0.506. The number of hydrogen-bond donors (Lipinski definition) is 1. The number of aliphatic carboxylic acids is 1. The summed E-state index contributed by atoms with van der Waals surface area (Å²) in [7, 11) is 0. The molecule has 0 saturated heterocycles. The molecule has 22 heavy (non-hydrogen) atoms. The van der Waals surface area contributed by atoms with Gasteiger partial charge in [0, 0.05) is 0 Å². The number of carbonyl (C=O) groups excluding carboxylic acids is 1. The Morgan fingerprint density at radius 3 is 2.36 bits per heavy atom. The highest BCUT2D eigenvalue weighted by Gasteiger charge is 2.32. The number of ether oxygens (including phenoxy) is 1. The summed E-state index contributed by atoms with van der Waals surface area (Å²) in [6.07, 6.45) is 7.94. The second-order valence-electron chi connectivity index (χ2n) is 7.04. The van der Waals surface area contributed by atoms with E-state index in [0.29, 0.717) is 12.8 Å². The normalized spacial score (nSPS) is 23.3. The van der Waals surface area contributed by atoms with Crippen molar-refractivity contribution >= 4 is 11.9 Å². The smallest absolute Gasteiger partial charge is 0.309 e. The Bertz CT molecular complexity index is 351. The Morgan fingerprint density at radius 1 is 1.14 bits per heavy atom. The lowest BCUT2D eigenvalue weighted by atomic mass is 9.81. The van der Waals surface area contributed by atoms with Gasteiger partial charge in [-0.05, 0) is 44.4 Å². The average molecular weight is 312 g/mol. The first kappa shape index (κ1) is 19.0. The fourth-order valence-corrected chi connectivity index (χ4v) is 3.16. The summed E-state index contributed by atoms with van der Waals surface area (Å²) in [6.45, 7) is 6.49. The highest BCUT2D eigenvalue weighted by atomic mass is 16.5. The van der Waals surface area contributed by atoms with Crippen LogP contribution in [0.4, 0.5) is 0 Å². The largest absolute Gasteiger partial charge is 0.481 e. The molecule has 0 amide bonds. The van der Waals surface area contributed by atoms with E-state index < -0.39 is 5.97 Å². The average Bonchev–Trinajstić information content (AvgIpc) is 2.49. The molecule has 0 heterocycles. The minimum atomic E-state index is -0.779. The van der Waals surface area contributed by atoms with Gasteiger partial charge in [-0.3, -0.25) is 9.59 Å². The molecule has 0 bridgehead atoms. The van der Waals surface area contributed by atoms with Gasteiger partial charge in [-0.2, -0.15) is 0 Å². The molecule has 0 radical (unpaired) electrons. The van der Waals surface area contributed by atoms with Crippen LogP contribution in [0.1, 0.15) is 78.6 Å². The van der Waals surface area contributed by atoms with Crippen LogP contribution >= 0.6 is 0 Å². The van der Waals surface area contributed by atoms with E-state index in [1.165, 1.54) is 12.8 Å². The molecular weight excluding hydrogens is 280 g/mol. The number of rotatable bonds is 9. The standard InChI is InChI=1S/C18H32O4/c1-4-16(11-6-5-8-13(2)3)22-18(21)15-10-7-9-14(12-15)17(19)20/h13-16H,4-12H2,1-3H3,(H,19,20). The van der Waals surface area contributed by atoms with Gasteiger partial charge >= 0.3 is 11.9 Å². The van der Waals surface area contributed by atoms with Gasteiger partial charge in [-0.25, -0.2) is 0 Å². The van der Waals surface area contributed by atoms with Crippen molar-refractivity contribution in [2.75, 3.05) is 0 Å². The zero-order valence-corrected chi connectivity index (χ0v) is 14.3. The molecule has 1 aliphatic rings. The van der Waals surface area contributed by atoms with E-state index in [4.69, 9.17) is 9.84 Å². The Kier molecular flexibility index (Phi) is 8.51. The van der Waals surface area contributed by atoms with Crippen molar-refractivity contribution in [1.82, 2.24) is 0 Å². The van der Waals surface area contributed by atoms with E-state index >= 15 is 0 Å². The van der Waals surface area contributed by atoms with E-state index in [-0.39, 0.29) is 23.9 Å². The SMILES string of the molecule is CCC(CCCCC(C)C)OC(=O)C1CCCC(C(=O)O)C1. The zero-order valence-electron chi connectivity index (χ0n) is 14.3. The fourth-order valence-electron chi connectivity index (χ4n) is 3.16. The van der Waals surface area contributed by atoms with E-state index in [9.17, 15) is 9.59 Å². The lowest BCUT2D eigenvalue weighted by Gasteiger charge is -2.27. The molecule has 0 aromatic rings. The fraction of sp³-hybridized carbons (Fsp3) is 0.889. The van der Waals surface area contributed by atoms with Crippen molar-refractivity contribution in [1.29, 1.82) is 0 Å². The van der Waals surface area contributed by atoms with E-state index in [0.717, 1.165) is 38.0 Å². The summed E-state index contributed by atoms with van der Waals surface area (Å²) in [5.74, 6) is -0.838. The summed E-state index contributed by atoms with van der Waals surface area (Å²) < 4.78 is 5.64. The zero-order chi connectivity index (χ0) is 16.5. The molecule has 1 N–H and O–H groups in total. The predicted octanol–water partition coefficient (Wildman–Crippen LogP) is 4.42. The lowest BCUT2D eigenvalue weighted by molar-refractivity contribution is -0.157. The van der Waals surface area contributed by atoms with Gasteiger partial charge in [-0.15, -0.1) is 0 Å². The van der Waals surface area contributed by atoms with Crippen molar-refractivity contribution in [3.05, 3.63) is 0 Å². The van der Waals surface area contributed by atoms with Crippen LogP contribution in [-0.4, -0.2) is 23.1 Å². The van der Waals surface area contributed by atoms with Crippen LogP contribution in [0.3, 0.4) is 0 Å². The van der Waals surface area contributed by atoms with Crippen molar-refractivity contribution in [2.24, 2.45) is 17.8 Å². The first-order valence-electron chi connectivity index (χ1n) is 8.87. The molecule has 4 heteroatoms. The Labute approximate surface area is 134 Å². The summed E-state index contributed by atoms with van der Waals surface area (Å²) in [4.78, 5) is 23.3. The highest BCUT2D eigenvalue weighted by Crippen LogP contribution is 2.30. The molecule has 0 spiro atoms. The number of esters is 1. The Hall–Kier alpha value is -1.06. The van der Waals surface area contributed by atoms with Gasteiger partial charge in [0.1, 0.15) is 6.10 Å². The maximum absolute atomic E-state index is 12.3. The third-order valence-corrected chi connectivity index (χ3v) is 4.65. The summed E-state index contributed by atoms with van der Waals surface area (Å²) >= 11 is 0. The van der Waals surface area contributed by atoms with Gasteiger partial charge in [0.15, 0.2) is 0 Å². The molecule has 128 valence electrons. The monoisotopic (exact) mass is 312 g/mol. The van der Waals surface area contributed by atoms with Gasteiger partial charge in [0.25, 0.3) is 0 Å². The van der Waals surface area contributed by atoms with Gasteiger partial charge in [0.05, 0.1) is 11.8 Å². The van der Waals surface area contributed by atoms with Gasteiger partial charge in [0.2, 0.25) is 0 Å². The molecule has 0 aromatic carbocycles. The van der Waals surface area contributed by atoms with Crippen LogP contribution in [-0.2, 0) is 14.3 Å². The molecule has 1 rings (SSSR count). The molecule has 0 aromatic heterocycles.